The zero-order valence-electron chi connectivity index (χ0n) is 22.6. The van der Waals surface area contributed by atoms with Gasteiger partial charge in [-0.15, -0.1) is 6.42 Å². The highest BCUT2D eigenvalue weighted by molar-refractivity contribution is 6.06. The van der Waals surface area contributed by atoms with Crippen LogP contribution in [0.15, 0.2) is 40.7 Å². The van der Waals surface area contributed by atoms with Gasteiger partial charge in [0.05, 0.1) is 6.61 Å². The number of Topliss-reactive ketones (excluding diaryl/α,β-unsaturated/α-hetero) is 2. The first-order valence-corrected chi connectivity index (χ1v) is 13.1. The lowest BCUT2D eigenvalue weighted by atomic mass is 9.63. The van der Waals surface area contributed by atoms with E-state index < -0.39 is 5.92 Å². The van der Waals surface area contributed by atoms with E-state index in [-0.39, 0.29) is 29.0 Å². The van der Waals surface area contributed by atoms with Gasteiger partial charge in [0, 0.05) is 47.8 Å². The summed E-state index contributed by atoms with van der Waals surface area (Å²) in [6.07, 6.45) is 8.93. The summed E-state index contributed by atoms with van der Waals surface area (Å²) in [6.45, 7) is 14.1. The minimum atomic E-state index is -0.392. The van der Waals surface area contributed by atoms with Crippen molar-refractivity contribution in [1.82, 2.24) is 4.90 Å². The fourth-order valence-corrected chi connectivity index (χ4v) is 6.09. The molecule has 2 aliphatic carbocycles. The van der Waals surface area contributed by atoms with Gasteiger partial charge >= 0.3 is 0 Å². The van der Waals surface area contributed by atoms with E-state index in [2.05, 4.69) is 45.4 Å². The van der Waals surface area contributed by atoms with Crippen LogP contribution in [0.4, 0.5) is 0 Å². The minimum absolute atomic E-state index is 0.123. The van der Waals surface area contributed by atoms with Gasteiger partial charge in [0.1, 0.15) is 6.61 Å². The second-order valence-corrected chi connectivity index (χ2v) is 11.8. The van der Waals surface area contributed by atoms with Crippen LogP contribution in [-0.4, -0.2) is 36.2 Å². The number of carbonyl (C=O) groups is 2. The van der Waals surface area contributed by atoms with Gasteiger partial charge < -0.3 is 14.4 Å². The monoisotopic (exact) mass is 489 g/mol. The van der Waals surface area contributed by atoms with Crippen molar-refractivity contribution >= 4 is 11.6 Å². The molecule has 192 valence electrons. The predicted molar refractivity (Wildman–Crippen MR) is 142 cm³/mol. The molecule has 0 spiro atoms. The normalized spacial score (nSPS) is 21.2. The van der Waals surface area contributed by atoms with Gasteiger partial charge in [0.2, 0.25) is 0 Å². The molecule has 1 heterocycles. The number of hydrogen-bond acceptors (Lipinski definition) is 5. The van der Waals surface area contributed by atoms with E-state index in [1.807, 2.05) is 25.1 Å². The Balaban J connectivity index is 1.95. The average Bonchev–Trinajstić information content (AvgIpc) is 2.78. The van der Waals surface area contributed by atoms with E-state index in [1.54, 1.807) is 0 Å². The number of terminal acetylenes is 1. The summed E-state index contributed by atoms with van der Waals surface area (Å²) in [4.78, 5) is 29.9. The van der Waals surface area contributed by atoms with Crippen LogP contribution in [0.25, 0.3) is 0 Å². The maximum absolute atomic E-state index is 13.8. The summed E-state index contributed by atoms with van der Waals surface area (Å²) in [7, 11) is 0. The van der Waals surface area contributed by atoms with Crippen LogP contribution in [0.5, 0.6) is 11.5 Å². The Morgan fingerprint density at radius 1 is 0.917 bits per heavy atom. The molecule has 0 unspecified atom stereocenters. The van der Waals surface area contributed by atoms with Crippen molar-refractivity contribution in [2.45, 2.75) is 79.6 Å². The molecule has 0 bridgehead atoms. The Morgan fingerprint density at radius 3 is 2.00 bits per heavy atom. The predicted octanol–water partition coefficient (Wildman–Crippen LogP) is 6.19. The first-order valence-electron chi connectivity index (χ1n) is 13.1. The smallest absolute Gasteiger partial charge is 0.162 e. The molecule has 1 aromatic carbocycles. The summed E-state index contributed by atoms with van der Waals surface area (Å²) in [5.41, 5.74) is 4.41. The Hall–Kier alpha value is -3.00. The largest absolute Gasteiger partial charge is 0.490 e. The summed E-state index contributed by atoms with van der Waals surface area (Å²) < 4.78 is 11.6. The van der Waals surface area contributed by atoms with E-state index in [0.717, 1.165) is 53.9 Å². The van der Waals surface area contributed by atoms with Crippen molar-refractivity contribution in [2.24, 2.45) is 10.8 Å². The van der Waals surface area contributed by atoms with E-state index >= 15 is 0 Å². The van der Waals surface area contributed by atoms with Crippen LogP contribution in [0.3, 0.4) is 0 Å². The number of carbonyl (C=O) groups excluding carboxylic acids is 2. The van der Waals surface area contributed by atoms with Crippen LogP contribution in [0, 0.1) is 23.2 Å². The molecule has 0 atom stereocenters. The van der Waals surface area contributed by atoms with Crippen LogP contribution in [0.2, 0.25) is 0 Å². The molecule has 1 aliphatic heterocycles. The first-order chi connectivity index (χ1) is 17.0. The summed E-state index contributed by atoms with van der Waals surface area (Å²) >= 11 is 0. The molecule has 36 heavy (non-hydrogen) atoms. The standard InChI is InChI=1S/C31H39NO4/c1-8-13-32-21-16-30(4,5)18-23(33)28(21)27(29-22(32)17-31(6,7)19-24(29)34)20-11-12-25(36-14-9-2)26(15-20)35-10-3/h2,11-12,15,27H,8,10,13-14,16-19H2,1,3-7H3. The molecule has 0 radical (unpaired) electrons. The van der Waals surface area contributed by atoms with Crippen molar-refractivity contribution < 1.29 is 19.1 Å². The van der Waals surface area contributed by atoms with E-state index in [0.29, 0.717) is 30.9 Å². The van der Waals surface area contributed by atoms with E-state index in [1.165, 1.54) is 0 Å². The molecule has 0 fully saturated rings. The summed E-state index contributed by atoms with van der Waals surface area (Å²) in [6, 6.07) is 5.75. The molecule has 0 aromatic heterocycles. The molecule has 5 heteroatoms. The van der Waals surface area contributed by atoms with Crippen molar-refractivity contribution in [3.8, 4) is 23.8 Å². The minimum Gasteiger partial charge on any atom is -0.490 e. The van der Waals surface area contributed by atoms with Gasteiger partial charge in [-0.25, -0.2) is 0 Å². The Bertz CT molecular complexity index is 1120. The van der Waals surface area contributed by atoms with E-state index in [4.69, 9.17) is 15.9 Å². The average molecular weight is 490 g/mol. The van der Waals surface area contributed by atoms with Crippen molar-refractivity contribution in [2.75, 3.05) is 19.8 Å². The topological polar surface area (TPSA) is 55.8 Å². The van der Waals surface area contributed by atoms with Crippen molar-refractivity contribution in [3.63, 3.8) is 0 Å². The first kappa shape index (κ1) is 26.1. The molecule has 4 rings (SSSR count). The summed E-state index contributed by atoms with van der Waals surface area (Å²) in [5.74, 6) is 3.53. The van der Waals surface area contributed by atoms with Gasteiger partial charge in [0.25, 0.3) is 0 Å². The SMILES string of the molecule is C#CCOc1ccc(C2C3=C(CC(C)(C)CC3=O)N(CCC)C3=C2C(=O)CC(C)(C)C3)cc1OCC. The van der Waals surface area contributed by atoms with Crippen molar-refractivity contribution in [3.05, 3.63) is 46.3 Å². The highest BCUT2D eigenvalue weighted by Crippen LogP contribution is 2.54. The Kier molecular flexibility index (Phi) is 7.10. The second-order valence-electron chi connectivity index (χ2n) is 11.8. The molecular weight excluding hydrogens is 450 g/mol. The number of allylic oxidation sites excluding steroid dienone is 4. The molecule has 0 saturated heterocycles. The molecule has 3 aliphatic rings. The van der Waals surface area contributed by atoms with Crippen LogP contribution in [-0.2, 0) is 9.59 Å². The maximum atomic E-state index is 13.8. The molecule has 5 nitrogen and oxygen atoms in total. The van der Waals surface area contributed by atoms with Crippen LogP contribution in [0.1, 0.15) is 85.1 Å². The molecule has 1 aromatic rings. The fraction of sp³-hybridized carbons (Fsp3) is 0.548. The third kappa shape index (κ3) is 4.83. The second kappa shape index (κ2) is 9.81. The quantitative estimate of drug-likeness (QED) is 0.427. The lowest BCUT2D eigenvalue weighted by Crippen LogP contribution is -2.44. The highest BCUT2D eigenvalue weighted by Gasteiger charge is 2.48. The van der Waals surface area contributed by atoms with Gasteiger partial charge in [-0.1, -0.05) is 46.6 Å². The van der Waals surface area contributed by atoms with Gasteiger partial charge in [-0.3, -0.25) is 9.59 Å². The number of ketones is 2. The Morgan fingerprint density at radius 2 is 1.50 bits per heavy atom. The van der Waals surface area contributed by atoms with Gasteiger partial charge in [-0.2, -0.15) is 0 Å². The zero-order chi connectivity index (χ0) is 26.3. The molecule has 0 amide bonds. The lowest BCUT2D eigenvalue weighted by molar-refractivity contribution is -0.119. The third-order valence-electron chi connectivity index (χ3n) is 7.38. The maximum Gasteiger partial charge on any atom is 0.162 e. The molecule has 0 saturated carbocycles. The number of rotatable bonds is 7. The third-order valence-corrected chi connectivity index (χ3v) is 7.38. The summed E-state index contributed by atoms with van der Waals surface area (Å²) in [5, 5.41) is 0. The zero-order valence-corrected chi connectivity index (χ0v) is 22.6. The highest BCUT2D eigenvalue weighted by atomic mass is 16.5. The molecule has 0 N–H and O–H groups in total. The fourth-order valence-electron chi connectivity index (χ4n) is 6.09. The number of nitrogens with zero attached hydrogens (tertiary/aromatic N) is 1. The van der Waals surface area contributed by atoms with Crippen LogP contribution >= 0.6 is 0 Å². The number of hydrogen-bond donors (Lipinski definition) is 0. The Labute approximate surface area is 215 Å². The van der Waals surface area contributed by atoms with Crippen molar-refractivity contribution in [1.29, 1.82) is 0 Å². The number of ether oxygens (including phenoxy) is 2. The van der Waals surface area contributed by atoms with Gasteiger partial charge in [-0.05, 0) is 54.7 Å². The number of benzene rings is 1. The van der Waals surface area contributed by atoms with E-state index in [9.17, 15) is 9.59 Å². The van der Waals surface area contributed by atoms with Gasteiger partial charge in [0.15, 0.2) is 23.1 Å². The lowest BCUT2D eigenvalue weighted by Gasteiger charge is -2.49. The molecular formula is C31H39NO4. The van der Waals surface area contributed by atoms with Crippen LogP contribution < -0.4 is 9.47 Å².